The predicted molar refractivity (Wildman–Crippen MR) is 44.5 cm³/mol. The first-order valence-electron chi connectivity index (χ1n) is 3.70. The van der Waals surface area contributed by atoms with Crippen molar-refractivity contribution < 1.29 is 14.0 Å². The number of carbonyl (C=O) groups is 1. The minimum atomic E-state index is -0.272. The minimum Gasteiger partial charge on any atom is -0.465 e. The molecular weight excluding hydrogens is 160 g/mol. The van der Waals surface area contributed by atoms with Gasteiger partial charge in [0.05, 0.1) is 21.2 Å². The van der Waals surface area contributed by atoms with Crippen molar-refractivity contribution >= 4 is 5.97 Å². The van der Waals surface area contributed by atoms with Gasteiger partial charge in [0.25, 0.3) is 0 Å². The molecule has 5 nitrogen and oxygen atoms in total. The molecule has 0 bridgehead atoms. The van der Waals surface area contributed by atoms with Gasteiger partial charge in [-0.25, -0.2) is 4.79 Å². The van der Waals surface area contributed by atoms with E-state index in [2.05, 4.69) is 9.91 Å². The lowest BCUT2D eigenvalue weighted by Crippen LogP contribution is -2.45. The summed E-state index contributed by atoms with van der Waals surface area (Å²) in [6.45, 7) is 1.05. The topological polar surface area (TPSA) is 55.7 Å². The Hall–Kier alpha value is -0.970. The quantitative estimate of drug-likeness (QED) is 0.336. The van der Waals surface area contributed by atoms with Crippen LogP contribution < -0.4 is 0 Å². The molecule has 0 aromatic carbocycles. The number of nitroso groups, excluding NO2 is 1. The molecule has 0 aliphatic heterocycles. The van der Waals surface area contributed by atoms with Gasteiger partial charge < -0.3 is 9.22 Å². The van der Waals surface area contributed by atoms with Crippen LogP contribution in [-0.4, -0.2) is 51.3 Å². The summed E-state index contributed by atoms with van der Waals surface area (Å²) in [6, 6.07) is 0. The second-order valence-electron chi connectivity index (χ2n) is 3.25. The number of hydrogen-bond acceptors (Lipinski definition) is 4. The highest BCUT2D eigenvalue weighted by atomic mass is 16.5. The lowest BCUT2D eigenvalue weighted by atomic mass is 10.4. The fourth-order valence-electron chi connectivity index (χ4n) is 0.805. The number of ether oxygens (including phenoxy) is 1. The van der Waals surface area contributed by atoms with Crippen molar-refractivity contribution in [3.63, 3.8) is 0 Å². The van der Waals surface area contributed by atoms with Gasteiger partial charge in [0.15, 0.2) is 6.54 Å². The third-order valence-electron chi connectivity index (χ3n) is 1.58. The highest BCUT2D eigenvalue weighted by Crippen LogP contribution is 1.96. The largest absolute Gasteiger partial charge is 0.465 e. The number of methoxy groups -OCH3 is 1. The van der Waals surface area contributed by atoms with Crippen LogP contribution in [0.3, 0.4) is 0 Å². The zero-order valence-corrected chi connectivity index (χ0v) is 7.74. The van der Waals surface area contributed by atoms with Crippen LogP contribution in [-0.2, 0) is 9.53 Å². The fraction of sp³-hybridized carbons (Fsp3) is 0.857. The molecule has 0 heterocycles. The van der Waals surface area contributed by atoms with Gasteiger partial charge in [0.2, 0.25) is 0 Å². The van der Waals surface area contributed by atoms with Crippen LogP contribution in [0.15, 0.2) is 5.18 Å². The van der Waals surface area contributed by atoms with E-state index in [0.29, 0.717) is 11.0 Å². The lowest BCUT2D eigenvalue weighted by molar-refractivity contribution is -0.881. The van der Waals surface area contributed by atoms with Crippen molar-refractivity contribution in [2.45, 2.75) is 0 Å². The zero-order chi connectivity index (χ0) is 9.61. The van der Waals surface area contributed by atoms with Crippen molar-refractivity contribution in [2.24, 2.45) is 5.18 Å². The first-order valence-corrected chi connectivity index (χ1v) is 3.70. The molecule has 0 saturated carbocycles. The number of rotatable bonds is 5. The van der Waals surface area contributed by atoms with Gasteiger partial charge >= 0.3 is 5.97 Å². The van der Waals surface area contributed by atoms with E-state index in [-0.39, 0.29) is 19.1 Å². The van der Waals surface area contributed by atoms with Gasteiger partial charge in [-0.2, -0.15) is 4.91 Å². The lowest BCUT2D eigenvalue weighted by Gasteiger charge is -2.26. The molecule has 12 heavy (non-hydrogen) atoms. The number of esters is 1. The van der Waals surface area contributed by atoms with Gasteiger partial charge in [-0.15, -0.1) is 0 Å². The number of quaternary nitrogens is 1. The average Bonchev–Trinajstić information content (AvgIpc) is 2.00. The second-order valence-corrected chi connectivity index (χ2v) is 3.25. The first-order chi connectivity index (χ1) is 5.52. The Morgan fingerprint density at radius 3 is 2.50 bits per heavy atom. The number of likely N-dealkylation sites (N-methyl/N-ethyl adjacent to an activating group) is 1. The van der Waals surface area contributed by atoms with Crippen LogP contribution in [0.4, 0.5) is 0 Å². The van der Waals surface area contributed by atoms with Crippen molar-refractivity contribution in [1.82, 2.24) is 0 Å². The predicted octanol–water partition coefficient (Wildman–Crippen LogP) is 0.00220. The average molecular weight is 175 g/mol. The Morgan fingerprint density at radius 1 is 1.50 bits per heavy atom. The molecular formula is C7H15N2O3+. The van der Waals surface area contributed by atoms with Crippen molar-refractivity contribution in [1.29, 1.82) is 0 Å². The second kappa shape index (κ2) is 4.82. The number of hydrogen-bond donors (Lipinski definition) is 0. The number of carbonyl (C=O) groups excluding carboxylic acids is 1. The molecule has 0 amide bonds. The molecule has 0 aliphatic carbocycles. The van der Waals surface area contributed by atoms with E-state index < -0.39 is 0 Å². The molecule has 0 unspecified atom stereocenters. The minimum absolute atomic E-state index is 0.226. The molecule has 5 heteroatoms. The summed E-state index contributed by atoms with van der Waals surface area (Å²) in [7, 11) is 5.05. The molecule has 0 atom stereocenters. The van der Waals surface area contributed by atoms with E-state index in [0.717, 1.165) is 0 Å². The third kappa shape index (κ3) is 4.79. The summed E-state index contributed by atoms with van der Waals surface area (Å²) < 4.78 is 4.93. The first kappa shape index (κ1) is 11.0. The fourth-order valence-corrected chi connectivity index (χ4v) is 0.805. The Kier molecular flexibility index (Phi) is 4.43. The van der Waals surface area contributed by atoms with Crippen LogP contribution in [0.2, 0.25) is 0 Å². The Morgan fingerprint density at radius 2 is 2.08 bits per heavy atom. The van der Waals surface area contributed by atoms with Gasteiger partial charge in [-0.05, 0) is 0 Å². The summed E-state index contributed by atoms with van der Waals surface area (Å²) >= 11 is 0. The summed E-state index contributed by atoms with van der Waals surface area (Å²) in [4.78, 5) is 20.7. The van der Waals surface area contributed by atoms with Crippen molar-refractivity contribution in [3.05, 3.63) is 4.91 Å². The van der Waals surface area contributed by atoms with E-state index in [9.17, 15) is 9.70 Å². The van der Waals surface area contributed by atoms with Gasteiger partial charge in [0, 0.05) is 0 Å². The SMILES string of the molecule is COC(=O)C[N+](C)(C)CCN=O. The van der Waals surface area contributed by atoms with Gasteiger partial charge in [-0.3, -0.25) is 0 Å². The maximum absolute atomic E-state index is 10.8. The smallest absolute Gasteiger partial charge is 0.361 e. The van der Waals surface area contributed by atoms with E-state index >= 15 is 0 Å². The van der Waals surface area contributed by atoms with Gasteiger partial charge in [0.1, 0.15) is 13.1 Å². The van der Waals surface area contributed by atoms with Crippen LogP contribution in [0, 0.1) is 4.91 Å². The van der Waals surface area contributed by atoms with Crippen LogP contribution >= 0.6 is 0 Å². The molecule has 70 valence electrons. The van der Waals surface area contributed by atoms with E-state index in [1.807, 2.05) is 14.1 Å². The van der Waals surface area contributed by atoms with Crippen molar-refractivity contribution in [3.8, 4) is 0 Å². The molecule has 0 spiro atoms. The Balaban J connectivity index is 3.85. The molecule has 0 saturated heterocycles. The van der Waals surface area contributed by atoms with E-state index in [1.54, 1.807) is 0 Å². The maximum atomic E-state index is 10.8. The third-order valence-corrected chi connectivity index (χ3v) is 1.58. The molecule has 0 aromatic rings. The standard InChI is InChI=1S/C7H15N2O3/c1-9(2,5-4-8-11)6-7(10)12-3/h4-6H2,1-3H3/q+1. The summed E-state index contributed by atoms with van der Waals surface area (Å²) in [5, 5.41) is 2.74. The van der Waals surface area contributed by atoms with E-state index in [1.165, 1.54) is 7.11 Å². The Labute approximate surface area is 71.9 Å². The highest BCUT2D eigenvalue weighted by molar-refractivity contribution is 5.70. The molecule has 0 aromatic heterocycles. The van der Waals surface area contributed by atoms with Crippen LogP contribution in [0.1, 0.15) is 0 Å². The molecule has 0 aliphatic rings. The Bertz CT molecular complexity index is 168. The highest BCUT2D eigenvalue weighted by Gasteiger charge is 2.19. The summed E-state index contributed by atoms with van der Waals surface area (Å²) in [5.74, 6) is -0.272. The monoisotopic (exact) mass is 175 g/mol. The maximum Gasteiger partial charge on any atom is 0.361 e. The molecule has 0 N–H and O–H groups in total. The molecule has 0 radical (unpaired) electrons. The zero-order valence-electron chi connectivity index (χ0n) is 7.74. The molecule has 0 fully saturated rings. The number of nitrogens with zero attached hydrogens (tertiary/aromatic N) is 2. The van der Waals surface area contributed by atoms with Gasteiger partial charge in [-0.1, -0.05) is 5.18 Å². The van der Waals surface area contributed by atoms with Crippen molar-refractivity contribution in [2.75, 3.05) is 40.8 Å². The summed E-state index contributed by atoms with van der Waals surface area (Å²) in [5.41, 5.74) is 0. The summed E-state index contributed by atoms with van der Waals surface area (Å²) in [6.07, 6.45) is 0. The molecule has 0 rings (SSSR count). The normalized spacial score (nSPS) is 10.9. The van der Waals surface area contributed by atoms with E-state index in [4.69, 9.17) is 0 Å². The van der Waals surface area contributed by atoms with Crippen LogP contribution in [0.25, 0.3) is 0 Å². The van der Waals surface area contributed by atoms with Crippen LogP contribution in [0.5, 0.6) is 0 Å².